The molecule has 0 atom stereocenters. The van der Waals surface area contributed by atoms with Crippen LogP contribution in [-0.4, -0.2) is 16.2 Å². The summed E-state index contributed by atoms with van der Waals surface area (Å²) >= 11 is 17.0. The molecule has 86 valence electrons. The van der Waals surface area contributed by atoms with Crippen LogP contribution in [0.3, 0.4) is 0 Å². The van der Waals surface area contributed by atoms with E-state index < -0.39 is 10.3 Å². The second-order valence-electron chi connectivity index (χ2n) is 3.02. The molecular formula is C11H9Cl3O2. The van der Waals surface area contributed by atoms with Gasteiger partial charge >= 0.3 is 5.97 Å². The van der Waals surface area contributed by atoms with Crippen molar-refractivity contribution in [1.82, 2.24) is 0 Å². The third kappa shape index (κ3) is 3.41. The summed E-state index contributed by atoms with van der Waals surface area (Å²) in [6, 6.07) is 8.55. The van der Waals surface area contributed by atoms with E-state index in [1.807, 2.05) is 0 Å². The Kier molecular flexibility index (Phi) is 4.66. The molecule has 2 nitrogen and oxygen atoms in total. The summed E-state index contributed by atoms with van der Waals surface area (Å²) in [5, 5.41) is 0. The number of hydrogen-bond acceptors (Lipinski definition) is 2. The van der Waals surface area contributed by atoms with Crippen LogP contribution in [-0.2, 0) is 4.79 Å². The molecule has 0 aliphatic carbocycles. The Balaban J connectivity index is 2.71. The van der Waals surface area contributed by atoms with Gasteiger partial charge in [0.05, 0.1) is 11.5 Å². The number of benzene rings is 1. The van der Waals surface area contributed by atoms with Gasteiger partial charge in [-0.15, -0.1) is 11.6 Å². The van der Waals surface area contributed by atoms with Crippen molar-refractivity contribution in [2.24, 2.45) is 0 Å². The number of carbonyl (C=O) groups excluding carboxylic acids is 1. The van der Waals surface area contributed by atoms with Gasteiger partial charge in [-0.2, -0.15) is 0 Å². The Labute approximate surface area is 109 Å². The van der Waals surface area contributed by atoms with Crippen LogP contribution in [0, 0.1) is 0 Å². The molecule has 0 saturated carbocycles. The lowest BCUT2D eigenvalue weighted by molar-refractivity contribution is -0.130. The number of carbonyl (C=O) groups is 1. The lowest BCUT2D eigenvalue weighted by atomic mass is 10.2. The highest BCUT2D eigenvalue weighted by Crippen LogP contribution is 2.31. The molecule has 0 aromatic heterocycles. The number of para-hydroxylation sites is 1. The largest absolute Gasteiger partial charge is 0.423 e. The monoisotopic (exact) mass is 278 g/mol. The van der Waals surface area contributed by atoms with Crippen molar-refractivity contribution < 1.29 is 9.53 Å². The number of halogens is 3. The molecule has 0 spiro atoms. The predicted molar refractivity (Wildman–Crippen MR) is 66.4 cm³/mol. The fourth-order valence-corrected chi connectivity index (χ4v) is 1.20. The van der Waals surface area contributed by atoms with Crippen molar-refractivity contribution in [2.75, 3.05) is 5.88 Å². The number of ether oxygens (including phenoxy) is 1. The Bertz CT molecular complexity index is 387. The topological polar surface area (TPSA) is 26.3 Å². The number of rotatable bonds is 4. The fraction of sp³-hybridized carbons (Fsp3) is 0.182. The third-order valence-electron chi connectivity index (χ3n) is 1.81. The molecule has 5 heteroatoms. The van der Waals surface area contributed by atoms with Gasteiger partial charge in [0.1, 0.15) is 5.75 Å². The van der Waals surface area contributed by atoms with E-state index in [4.69, 9.17) is 39.5 Å². The molecule has 0 aliphatic rings. The second-order valence-corrected chi connectivity index (χ2v) is 4.77. The maximum Gasteiger partial charge on any atom is 0.341 e. The summed E-state index contributed by atoms with van der Waals surface area (Å²) < 4.78 is 3.49. The zero-order chi connectivity index (χ0) is 12.2. The van der Waals surface area contributed by atoms with Crippen LogP contribution >= 0.6 is 34.8 Å². The van der Waals surface area contributed by atoms with Gasteiger partial charge in [-0.25, -0.2) is 4.79 Å². The van der Waals surface area contributed by atoms with Crippen molar-refractivity contribution in [1.29, 1.82) is 0 Å². The molecule has 0 amide bonds. The van der Waals surface area contributed by atoms with E-state index in [9.17, 15) is 4.79 Å². The molecule has 0 unspecified atom stereocenters. The quantitative estimate of drug-likeness (QED) is 0.364. The van der Waals surface area contributed by atoms with Crippen molar-refractivity contribution in [2.45, 2.75) is 4.33 Å². The van der Waals surface area contributed by atoms with Crippen molar-refractivity contribution >= 4 is 40.8 Å². The summed E-state index contributed by atoms with van der Waals surface area (Å²) in [5.74, 6) is -0.442. The molecule has 16 heavy (non-hydrogen) atoms. The zero-order valence-corrected chi connectivity index (χ0v) is 10.5. The molecule has 0 aliphatic heterocycles. The maximum atomic E-state index is 11.6. The van der Waals surface area contributed by atoms with Gasteiger partial charge < -0.3 is 4.74 Å². The van der Waals surface area contributed by atoms with E-state index in [2.05, 4.69) is 6.58 Å². The standard InChI is InChI=1S/C11H9Cl3O2/c1-8(11(13,14)7-12)10(15)16-9-5-3-2-4-6-9/h2-6H,1,7H2. The SMILES string of the molecule is C=C(C(=O)Oc1ccccc1)C(Cl)(Cl)CCl. The Morgan fingerprint density at radius 2 is 1.88 bits per heavy atom. The number of alkyl halides is 3. The first kappa shape index (κ1) is 13.4. The van der Waals surface area contributed by atoms with Crippen LogP contribution < -0.4 is 4.74 Å². The molecule has 1 aromatic carbocycles. The van der Waals surface area contributed by atoms with Crippen LogP contribution in [0.2, 0.25) is 0 Å². The first-order chi connectivity index (χ1) is 7.47. The van der Waals surface area contributed by atoms with Gasteiger partial charge in [-0.1, -0.05) is 48.0 Å². The van der Waals surface area contributed by atoms with E-state index in [0.29, 0.717) is 5.75 Å². The zero-order valence-electron chi connectivity index (χ0n) is 8.25. The van der Waals surface area contributed by atoms with E-state index in [1.165, 1.54) is 0 Å². The minimum atomic E-state index is -1.51. The summed E-state index contributed by atoms with van der Waals surface area (Å²) in [5.41, 5.74) is -0.0883. The van der Waals surface area contributed by atoms with Crippen molar-refractivity contribution in [3.8, 4) is 5.75 Å². The van der Waals surface area contributed by atoms with Gasteiger partial charge in [0.15, 0.2) is 4.33 Å². The Morgan fingerprint density at radius 3 is 2.38 bits per heavy atom. The molecule has 0 radical (unpaired) electrons. The van der Waals surface area contributed by atoms with Gasteiger partial charge in [0, 0.05) is 0 Å². The summed E-state index contributed by atoms with van der Waals surface area (Å²) in [4.78, 5) is 11.6. The maximum absolute atomic E-state index is 11.6. The normalized spacial score (nSPS) is 10.9. The molecule has 0 saturated heterocycles. The lowest BCUT2D eigenvalue weighted by Crippen LogP contribution is -2.26. The second kappa shape index (κ2) is 5.58. The van der Waals surface area contributed by atoms with E-state index in [-0.39, 0.29) is 11.5 Å². The van der Waals surface area contributed by atoms with Crippen LogP contribution in [0.4, 0.5) is 0 Å². The van der Waals surface area contributed by atoms with E-state index in [0.717, 1.165) is 0 Å². The summed E-state index contributed by atoms with van der Waals surface area (Å²) in [6.45, 7) is 3.47. The number of hydrogen-bond donors (Lipinski definition) is 0. The van der Waals surface area contributed by atoms with Gasteiger partial charge in [-0.3, -0.25) is 0 Å². The molecule has 1 aromatic rings. The summed E-state index contributed by atoms with van der Waals surface area (Å²) in [7, 11) is 0. The average molecular weight is 280 g/mol. The van der Waals surface area contributed by atoms with Gasteiger partial charge in [0.25, 0.3) is 0 Å². The first-order valence-electron chi connectivity index (χ1n) is 4.38. The van der Waals surface area contributed by atoms with Crippen LogP contribution in [0.25, 0.3) is 0 Å². The molecular weight excluding hydrogens is 270 g/mol. The smallest absolute Gasteiger partial charge is 0.341 e. The van der Waals surface area contributed by atoms with Gasteiger partial charge in [0.2, 0.25) is 0 Å². The number of esters is 1. The molecule has 0 fully saturated rings. The molecule has 0 N–H and O–H groups in total. The summed E-state index contributed by atoms with van der Waals surface area (Å²) in [6.07, 6.45) is 0. The van der Waals surface area contributed by atoms with Crippen LogP contribution in [0.5, 0.6) is 5.75 Å². The fourth-order valence-electron chi connectivity index (χ4n) is 0.887. The highest BCUT2D eigenvalue weighted by Gasteiger charge is 2.32. The minimum absolute atomic E-state index is 0.0883. The lowest BCUT2D eigenvalue weighted by Gasteiger charge is -2.17. The van der Waals surface area contributed by atoms with Crippen molar-refractivity contribution in [3.05, 3.63) is 42.5 Å². The van der Waals surface area contributed by atoms with Crippen molar-refractivity contribution in [3.63, 3.8) is 0 Å². The molecule has 0 bridgehead atoms. The Hall–Kier alpha value is -0.700. The minimum Gasteiger partial charge on any atom is -0.423 e. The Morgan fingerprint density at radius 1 is 1.31 bits per heavy atom. The molecule has 0 heterocycles. The highest BCUT2D eigenvalue weighted by molar-refractivity contribution is 6.55. The highest BCUT2D eigenvalue weighted by atomic mass is 35.5. The third-order valence-corrected chi connectivity index (χ3v) is 3.21. The van der Waals surface area contributed by atoms with Crippen LogP contribution in [0.1, 0.15) is 0 Å². The average Bonchev–Trinajstić information content (AvgIpc) is 2.29. The molecule has 1 rings (SSSR count). The predicted octanol–water partition coefficient (Wildman–Crippen LogP) is 3.56. The van der Waals surface area contributed by atoms with E-state index >= 15 is 0 Å². The van der Waals surface area contributed by atoms with E-state index in [1.54, 1.807) is 30.3 Å². The first-order valence-corrected chi connectivity index (χ1v) is 5.67. The van der Waals surface area contributed by atoms with Gasteiger partial charge in [-0.05, 0) is 12.1 Å². The van der Waals surface area contributed by atoms with Crippen LogP contribution in [0.15, 0.2) is 42.5 Å².